The fraction of sp³-hybridized carbons (Fsp3) is 0.316. The number of rotatable bonds is 4. The molecule has 4 aromatic rings. The van der Waals surface area contributed by atoms with Crippen LogP contribution in [0.2, 0.25) is 5.02 Å². The molecule has 0 bridgehead atoms. The number of benzene rings is 1. The molecule has 1 aromatic carbocycles. The molecule has 0 atom stereocenters. The molecule has 1 aliphatic heterocycles. The summed E-state index contributed by atoms with van der Waals surface area (Å²) in [5.74, 6) is -0.356. The highest BCUT2D eigenvalue weighted by Gasteiger charge is 2.20. The van der Waals surface area contributed by atoms with Crippen LogP contribution in [0.3, 0.4) is 0 Å². The summed E-state index contributed by atoms with van der Waals surface area (Å²) in [6.07, 6.45) is 4.95. The molecular weight excluding hydrogens is 426 g/mol. The van der Waals surface area contributed by atoms with Crippen molar-refractivity contribution in [2.75, 3.05) is 23.3 Å². The van der Waals surface area contributed by atoms with Crippen molar-refractivity contribution in [3.05, 3.63) is 46.1 Å². The van der Waals surface area contributed by atoms with E-state index in [0.717, 1.165) is 40.4 Å². The molecule has 0 spiro atoms. The number of halogens is 1. The summed E-state index contributed by atoms with van der Waals surface area (Å²) in [6, 6.07) is 6.75. The lowest BCUT2D eigenvalue weighted by Gasteiger charge is -2.25. The second-order valence-electron chi connectivity index (χ2n) is 7.13. The summed E-state index contributed by atoms with van der Waals surface area (Å²) in [6.45, 7) is 1.74. The van der Waals surface area contributed by atoms with Crippen molar-refractivity contribution in [1.82, 2.24) is 24.1 Å². The highest BCUT2D eigenvalue weighted by Crippen LogP contribution is 2.31. The fourth-order valence-corrected chi connectivity index (χ4v) is 4.69. The van der Waals surface area contributed by atoms with E-state index in [1.165, 1.54) is 28.5 Å². The maximum atomic E-state index is 12.7. The molecule has 1 amide bonds. The van der Waals surface area contributed by atoms with Gasteiger partial charge in [0.1, 0.15) is 17.6 Å². The van der Waals surface area contributed by atoms with Gasteiger partial charge in [0.25, 0.3) is 0 Å². The number of anilines is 2. The van der Waals surface area contributed by atoms with Crippen LogP contribution in [-0.2, 0) is 11.3 Å². The van der Waals surface area contributed by atoms with Crippen molar-refractivity contribution in [2.45, 2.75) is 25.8 Å². The van der Waals surface area contributed by atoms with Gasteiger partial charge in [0.15, 0.2) is 16.4 Å². The Hall–Kier alpha value is -2.98. The van der Waals surface area contributed by atoms with Gasteiger partial charge in [-0.2, -0.15) is 4.98 Å². The standard InChI is InChI=1S/C19H18ClN7O2S/c20-12-4-6-13(7-5-12)22-14(28)10-27-19(29)26-11-21-16-15(17(26)24-27)30-18(23-16)25-8-2-1-3-9-25/h4-7,11H,1-3,8-10H2,(H,22,28). The number of carbonyl (C=O) groups excluding carboxylic acids is 1. The molecule has 11 heteroatoms. The van der Waals surface area contributed by atoms with Gasteiger partial charge in [-0.3, -0.25) is 4.79 Å². The third kappa shape index (κ3) is 3.52. The summed E-state index contributed by atoms with van der Waals surface area (Å²) < 4.78 is 3.24. The minimum absolute atomic E-state index is 0.206. The van der Waals surface area contributed by atoms with E-state index in [2.05, 4.69) is 25.3 Å². The number of nitrogens with one attached hydrogen (secondary N) is 1. The summed E-state index contributed by atoms with van der Waals surface area (Å²) in [5.41, 5.74) is 1.21. The number of amides is 1. The van der Waals surface area contributed by atoms with E-state index in [4.69, 9.17) is 11.6 Å². The van der Waals surface area contributed by atoms with E-state index < -0.39 is 5.69 Å². The normalized spacial score (nSPS) is 14.5. The van der Waals surface area contributed by atoms with Gasteiger partial charge < -0.3 is 10.2 Å². The molecule has 1 aliphatic rings. The highest BCUT2D eigenvalue weighted by atomic mass is 35.5. The lowest BCUT2D eigenvalue weighted by Crippen LogP contribution is -2.29. The topological polar surface area (TPSA) is 97.4 Å². The van der Waals surface area contributed by atoms with E-state index in [1.54, 1.807) is 24.3 Å². The van der Waals surface area contributed by atoms with Crippen LogP contribution in [0, 0.1) is 0 Å². The van der Waals surface area contributed by atoms with Gasteiger partial charge in [-0.15, -0.1) is 5.10 Å². The zero-order chi connectivity index (χ0) is 20.7. The number of hydrogen-bond acceptors (Lipinski definition) is 7. The van der Waals surface area contributed by atoms with Crippen LogP contribution in [0.1, 0.15) is 19.3 Å². The Bertz CT molecular complexity index is 1290. The maximum Gasteiger partial charge on any atom is 0.352 e. The second kappa shape index (κ2) is 7.69. The number of carbonyl (C=O) groups is 1. The first-order valence-corrected chi connectivity index (χ1v) is 10.8. The van der Waals surface area contributed by atoms with Gasteiger partial charge in [-0.25, -0.2) is 18.9 Å². The van der Waals surface area contributed by atoms with Gasteiger partial charge in [0.05, 0.1) is 0 Å². The van der Waals surface area contributed by atoms with Crippen LogP contribution in [0.15, 0.2) is 35.4 Å². The first-order valence-electron chi connectivity index (χ1n) is 9.63. The molecule has 9 nitrogen and oxygen atoms in total. The Morgan fingerprint density at radius 2 is 1.93 bits per heavy atom. The first kappa shape index (κ1) is 19.0. The first-order chi connectivity index (χ1) is 14.6. The SMILES string of the molecule is O=C(Cn1nc2c3sc(N4CCCCC4)nc3ncn2c1=O)Nc1ccc(Cl)cc1. The molecule has 3 aromatic heterocycles. The van der Waals surface area contributed by atoms with Gasteiger partial charge >= 0.3 is 5.69 Å². The largest absolute Gasteiger partial charge is 0.352 e. The summed E-state index contributed by atoms with van der Waals surface area (Å²) in [4.78, 5) is 36.3. The van der Waals surface area contributed by atoms with E-state index in [9.17, 15) is 9.59 Å². The Labute approximate surface area is 179 Å². The molecule has 30 heavy (non-hydrogen) atoms. The van der Waals surface area contributed by atoms with Gasteiger partial charge in [-0.05, 0) is 43.5 Å². The Balaban J connectivity index is 1.44. The molecule has 1 N–H and O–H groups in total. The average Bonchev–Trinajstić information content (AvgIpc) is 3.32. The highest BCUT2D eigenvalue weighted by molar-refractivity contribution is 7.22. The Morgan fingerprint density at radius 3 is 2.70 bits per heavy atom. The molecular formula is C19H18ClN7O2S. The Morgan fingerprint density at radius 1 is 1.17 bits per heavy atom. The Kier molecular flexibility index (Phi) is 4.87. The number of fused-ring (bicyclic) bond motifs is 3. The quantitative estimate of drug-likeness (QED) is 0.521. The van der Waals surface area contributed by atoms with Crippen LogP contribution in [0.25, 0.3) is 16.0 Å². The number of nitrogens with zero attached hydrogens (tertiary/aromatic N) is 6. The number of piperidine rings is 1. The van der Waals surface area contributed by atoms with Crippen LogP contribution >= 0.6 is 22.9 Å². The van der Waals surface area contributed by atoms with Crippen LogP contribution < -0.4 is 15.9 Å². The van der Waals surface area contributed by atoms with Crippen LogP contribution in [0.4, 0.5) is 10.8 Å². The smallest absolute Gasteiger partial charge is 0.348 e. The molecule has 5 rings (SSSR count). The summed E-state index contributed by atoms with van der Waals surface area (Å²) in [5, 5.41) is 8.60. The lowest BCUT2D eigenvalue weighted by molar-refractivity contribution is -0.117. The van der Waals surface area contributed by atoms with Gasteiger partial charge in [0, 0.05) is 23.8 Å². The van der Waals surface area contributed by atoms with Crippen molar-refractivity contribution >= 4 is 55.7 Å². The van der Waals surface area contributed by atoms with Gasteiger partial charge in [0.2, 0.25) is 5.91 Å². The van der Waals surface area contributed by atoms with Crippen molar-refractivity contribution in [3.8, 4) is 0 Å². The van der Waals surface area contributed by atoms with E-state index in [-0.39, 0.29) is 12.5 Å². The summed E-state index contributed by atoms with van der Waals surface area (Å²) >= 11 is 7.34. The lowest BCUT2D eigenvalue weighted by atomic mass is 10.1. The number of hydrogen-bond donors (Lipinski definition) is 1. The molecule has 0 aliphatic carbocycles. The third-order valence-electron chi connectivity index (χ3n) is 5.02. The third-order valence-corrected chi connectivity index (χ3v) is 6.37. The maximum absolute atomic E-state index is 12.7. The van der Waals surface area contributed by atoms with Crippen molar-refractivity contribution < 1.29 is 4.79 Å². The van der Waals surface area contributed by atoms with E-state index in [0.29, 0.717) is 22.0 Å². The van der Waals surface area contributed by atoms with Crippen molar-refractivity contribution in [3.63, 3.8) is 0 Å². The van der Waals surface area contributed by atoms with Crippen LogP contribution in [-0.4, -0.2) is 43.1 Å². The zero-order valence-corrected chi connectivity index (χ0v) is 17.5. The molecule has 154 valence electrons. The van der Waals surface area contributed by atoms with Crippen molar-refractivity contribution in [1.29, 1.82) is 0 Å². The summed E-state index contributed by atoms with van der Waals surface area (Å²) in [7, 11) is 0. The van der Waals surface area contributed by atoms with E-state index in [1.807, 2.05) is 0 Å². The average molecular weight is 444 g/mol. The molecule has 1 fully saturated rings. The zero-order valence-electron chi connectivity index (χ0n) is 15.9. The minimum Gasteiger partial charge on any atom is -0.348 e. The minimum atomic E-state index is -0.418. The van der Waals surface area contributed by atoms with Gasteiger partial charge in [-0.1, -0.05) is 22.9 Å². The van der Waals surface area contributed by atoms with Crippen LogP contribution in [0.5, 0.6) is 0 Å². The molecule has 0 radical (unpaired) electrons. The molecule has 4 heterocycles. The number of aromatic nitrogens is 5. The molecule has 0 saturated carbocycles. The second-order valence-corrected chi connectivity index (χ2v) is 8.54. The fourth-order valence-electron chi connectivity index (χ4n) is 3.52. The van der Waals surface area contributed by atoms with E-state index >= 15 is 0 Å². The van der Waals surface area contributed by atoms with Crippen molar-refractivity contribution in [2.24, 2.45) is 0 Å². The number of thiazole rings is 1. The predicted octanol–water partition coefficient (Wildman–Crippen LogP) is 2.78. The predicted molar refractivity (Wildman–Crippen MR) is 117 cm³/mol. The molecule has 0 unspecified atom stereocenters. The monoisotopic (exact) mass is 443 g/mol. The molecule has 1 saturated heterocycles.